The first-order valence-electron chi connectivity index (χ1n) is 3.69. The lowest BCUT2D eigenvalue weighted by Gasteiger charge is -2.10. The molecule has 0 aliphatic heterocycles. The minimum absolute atomic E-state index is 0. The molecular weight excluding hydrogens is 268 g/mol. The monoisotopic (exact) mass is 274 g/mol. The molecule has 1 aromatic carbocycles. The molecule has 8 heteroatoms. The number of nitrogen functional groups attached to an aromatic ring is 1. The normalized spacial score (nSPS) is 10.5. The predicted molar refractivity (Wildman–Crippen MR) is 56.4 cm³/mol. The second-order valence-electron chi connectivity index (χ2n) is 2.61. The fourth-order valence-electron chi connectivity index (χ4n) is 0.876. The first kappa shape index (κ1) is 14.9. The van der Waals surface area contributed by atoms with Crippen LogP contribution in [0, 0.1) is 5.41 Å². The largest absolute Gasteiger partial charge is 0.573 e. The van der Waals surface area contributed by atoms with E-state index in [0.717, 1.165) is 12.1 Å². The van der Waals surface area contributed by atoms with Gasteiger partial charge in [0.05, 0.1) is 5.02 Å². The van der Waals surface area contributed by atoms with Gasteiger partial charge in [0.25, 0.3) is 0 Å². The first-order valence-corrected chi connectivity index (χ1v) is 4.07. The van der Waals surface area contributed by atoms with E-state index in [4.69, 9.17) is 22.7 Å². The van der Waals surface area contributed by atoms with E-state index in [-0.39, 0.29) is 28.8 Å². The third kappa shape index (κ3) is 4.16. The summed E-state index contributed by atoms with van der Waals surface area (Å²) >= 11 is 5.50. The second-order valence-corrected chi connectivity index (χ2v) is 3.01. The lowest BCUT2D eigenvalue weighted by atomic mass is 10.2. The van der Waals surface area contributed by atoms with Gasteiger partial charge in [-0.1, -0.05) is 11.6 Å². The van der Waals surface area contributed by atoms with Crippen LogP contribution in [0.15, 0.2) is 18.2 Å². The van der Waals surface area contributed by atoms with Gasteiger partial charge in [-0.3, -0.25) is 5.41 Å². The van der Waals surface area contributed by atoms with Gasteiger partial charge in [-0.2, -0.15) is 0 Å². The number of nitrogens with one attached hydrogen (secondary N) is 1. The van der Waals surface area contributed by atoms with Gasteiger partial charge in [-0.25, -0.2) is 0 Å². The zero-order chi connectivity index (χ0) is 11.6. The van der Waals surface area contributed by atoms with Crippen molar-refractivity contribution < 1.29 is 17.9 Å². The third-order valence-corrected chi connectivity index (χ3v) is 1.76. The molecule has 0 aliphatic carbocycles. The average Bonchev–Trinajstić information content (AvgIpc) is 2.05. The van der Waals surface area contributed by atoms with Gasteiger partial charge in [0.1, 0.15) is 11.6 Å². The highest BCUT2D eigenvalue weighted by Crippen LogP contribution is 2.30. The van der Waals surface area contributed by atoms with Crippen molar-refractivity contribution in [3.8, 4) is 5.75 Å². The smallest absolute Gasteiger partial charge is 0.404 e. The summed E-state index contributed by atoms with van der Waals surface area (Å²) in [5.41, 5.74) is 5.35. The summed E-state index contributed by atoms with van der Waals surface area (Å²) in [6.45, 7) is 0. The predicted octanol–water partition coefficient (Wildman–Crippen LogP) is 2.94. The maximum atomic E-state index is 11.8. The maximum Gasteiger partial charge on any atom is 0.573 e. The molecule has 0 bridgehead atoms. The van der Waals surface area contributed by atoms with E-state index in [9.17, 15) is 13.2 Å². The molecule has 0 heterocycles. The number of nitrogens with two attached hydrogens (primary N) is 1. The Kier molecular flexibility index (Phi) is 4.89. The van der Waals surface area contributed by atoms with Crippen molar-refractivity contribution in [2.75, 3.05) is 0 Å². The first-order chi connectivity index (χ1) is 6.79. The van der Waals surface area contributed by atoms with Gasteiger partial charge in [0.2, 0.25) is 0 Å². The molecule has 0 spiro atoms. The minimum atomic E-state index is -4.79. The summed E-state index contributed by atoms with van der Waals surface area (Å²) in [6, 6.07) is 3.35. The molecule has 16 heavy (non-hydrogen) atoms. The zero-order valence-corrected chi connectivity index (χ0v) is 9.21. The zero-order valence-electron chi connectivity index (χ0n) is 7.64. The summed E-state index contributed by atoms with van der Waals surface area (Å²) in [6.07, 6.45) is -4.79. The number of hydrogen-bond donors (Lipinski definition) is 2. The van der Waals surface area contributed by atoms with Crippen LogP contribution in [0.4, 0.5) is 13.2 Å². The van der Waals surface area contributed by atoms with Crippen molar-refractivity contribution in [1.82, 2.24) is 0 Å². The Morgan fingerprint density at radius 1 is 1.38 bits per heavy atom. The van der Waals surface area contributed by atoms with Gasteiger partial charge < -0.3 is 10.5 Å². The Morgan fingerprint density at radius 2 is 1.94 bits per heavy atom. The van der Waals surface area contributed by atoms with Gasteiger partial charge in [0, 0.05) is 5.56 Å². The number of ether oxygens (including phenoxy) is 1. The molecule has 0 saturated heterocycles. The molecule has 0 saturated carbocycles. The highest BCUT2D eigenvalue weighted by molar-refractivity contribution is 6.32. The van der Waals surface area contributed by atoms with Crippen molar-refractivity contribution in [1.29, 1.82) is 5.41 Å². The fraction of sp³-hybridized carbons (Fsp3) is 0.125. The van der Waals surface area contributed by atoms with Crippen LogP contribution >= 0.6 is 24.0 Å². The molecule has 0 atom stereocenters. The van der Waals surface area contributed by atoms with Crippen molar-refractivity contribution in [3.63, 3.8) is 0 Å². The van der Waals surface area contributed by atoms with E-state index in [1.54, 1.807) is 0 Å². The van der Waals surface area contributed by atoms with E-state index in [1.807, 2.05) is 0 Å². The SMILES string of the molecule is Cl.N=C(N)c1ccc(OC(F)(F)F)c(Cl)c1. The number of hydrogen-bond acceptors (Lipinski definition) is 2. The highest BCUT2D eigenvalue weighted by Gasteiger charge is 2.32. The van der Waals surface area contributed by atoms with E-state index < -0.39 is 12.1 Å². The standard InChI is InChI=1S/C8H6ClF3N2O.ClH/c9-5-3-4(7(13)14)1-2-6(5)15-8(10,11)12;/h1-3H,(H3,13,14);1H. The molecular formula is C8H7Cl2F3N2O. The van der Waals surface area contributed by atoms with Crippen molar-refractivity contribution >= 4 is 29.8 Å². The van der Waals surface area contributed by atoms with Crippen LogP contribution in [0.5, 0.6) is 5.75 Å². The van der Waals surface area contributed by atoms with Crippen LogP contribution in [0.3, 0.4) is 0 Å². The molecule has 0 unspecified atom stereocenters. The Morgan fingerprint density at radius 3 is 2.31 bits per heavy atom. The van der Waals surface area contributed by atoms with Crippen LogP contribution in [0.2, 0.25) is 5.02 Å². The number of amidine groups is 1. The van der Waals surface area contributed by atoms with Crippen LogP contribution < -0.4 is 10.5 Å². The molecule has 1 aromatic rings. The van der Waals surface area contributed by atoms with Gasteiger partial charge >= 0.3 is 6.36 Å². The van der Waals surface area contributed by atoms with Crippen molar-refractivity contribution in [2.24, 2.45) is 5.73 Å². The van der Waals surface area contributed by atoms with E-state index in [0.29, 0.717) is 0 Å². The third-order valence-electron chi connectivity index (χ3n) is 1.47. The van der Waals surface area contributed by atoms with Crippen LogP contribution in [-0.2, 0) is 0 Å². The number of halogens is 5. The Bertz CT molecular complexity index is 395. The second kappa shape index (κ2) is 5.27. The van der Waals surface area contributed by atoms with E-state index in [1.165, 1.54) is 6.07 Å². The molecule has 0 radical (unpaired) electrons. The lowest BCUT2D eigenvalue weighted by Crippen LogP contribution is -2.18. The minimum Gasteiger partial charge on any atom is -0.404 e. The molecule has 90 valence electrons. The maximum absolute atomic E-state index is 11.8. The van der Waals surface area contributed by atoms with E-state index >= 15 is 0 Å². The van der Waals surface area contributed by atoms with Crippen LogP contribution in [0.1, 0.15) is 5.56 Å². The number of rotatable bonds is 2. The number of benzene rings is 1. The quantitative estimate of drug-likeness (QED) is 0.644. The summed E-state index contributed by atoms with van der Waals surface area (Å²) in [7, 11) is 0. The van der Waals surface area contributed by atoms with Gasteiger partial charge in [0.15, 0.2) is 0 Å². The Balaban J connectivity index is 0.00000225. The Labute approximate surface area is 100 Å². The van der Waals surface area contributed by atoms with Crippen LogP contribution in [0.25, 0.3) is 0 Å². The summed E-state index contributed by atoms with van der Waals surface area (Å²) < 4.78 is 39.1. The molecule has 0 aliphatic rings. The summed E-state index contributed by atoms with van der Waals surface area (Å²) in [4.78, 5) is 0. The molecule has 3 N–H and O–H groups in total. The van der Waals surface area contributed by atoms with Crippen molar-refractivity contribution in [3.05, 3.63) is 28.8 Å². The molecule has 3 nitrogen and oxygen atoms in total. The fourth-order valence-corrected chi connectivity index (χ4v) is 1.09. The number of alkyl halides is 3. The van der Waals surface area contributed by atoms with Crippen LogP contribution in [-0.4, -0.2) is 12.2 Å². The van der Waals surface area contributed by atoms with Crippen molar-refractivity contribution in [2.45, 2.75) is 6.36 Å². The summed E-state index contributed by atoms with van der Waals surface area (Å²) in [5, 5.41) is 6.79. The highest BCUT2D eigenvalue weighted by atomic mass is 35.5. The summed E-state index contributed by atoms with van der Waals surface area (Å²) in [5.74, 6) is -0.801. The Hall–Kier alpha value is -1.14. The average molecular weight is 275 g/mol. The lowest BCUT2D eigenvalue weighted by molar-refractivity contribution is -0.274. The van der Waals surface area contributed by atoms with Gasteiger partial charge in [-0.05, 0) is 18.2 Å². The molecule has 0 fully saturated rings. The topological polar surface area (TPSA) is 59.1 Å². The molecule has 0 amide bonds. The molecule has 0 aromatic heterocycles. The van der Waals surface area contributed by atoms with Gasteiger partial charge in [-0.15, -0.1) is 25.6 Å². The molecule has 1 rings (SSSR count). The van der Waals surface area contributed by atoms with E-state index in [2.05, 4.69) is 4.74 Å².